The van der Waals surface area contributed by atoms with Crippen LogP contribution < -0.4 is 5.73 Å². The molecule has 0 aliphatic heterocycles. The summed E-state index contributed by atoms with van der Waals surface area (Å²) >= 11 is 0. The fourth-order valence-electron chi connectivity index (χ4n) is 1.59. The highest BCUT2D eigenvalue weighted by Gasteiger charge is 2.18. The Morgan fingerprint density at radius 1 is 1.37 bits per heavy atom. The fourth-order valence-corrected chi connectivity index (χ4v) is 2.56. The largest absolute Gasteiger partial charge is 0.399 e. The summed E-state index contributed by atoms with van der Waals surface area (Å²) in [5, 5.41) is 0. The summed E-state index contributed by atoms with van der Waals surface area (Å²) in [4.78, 5) is 0. The van der Waals surface area contributed by atoms with Crippen molar-refractivity contribution in [1.29, 1.82) is 0 Å². The van der Waals surface area contributed by atoms with Crippen LogP contribution in [0.5, 0.6) is 0 Å². The summed E-state index contributed by atoms with van der Waals surface area (Å²) in [5.74, 6) is -0.00992. The lowest BCUT2D eigenvalue weighted by Gasteiger charge is -2.18. The number of benzene rings is 1. The minimum atomic E-state index is -3.30. The average molecular weight is 286 g/mol. The summed E-state index contributed by atoms with van der Waals surface area (Å²) < 4.78 is 30.6. The van der Waals surface area contributed by atoms with E-state index in [1.807, 2.05) is 26.0 Å². The van der Waals surface area contributed by atoms with Crippen molar-refractivity contribution in [3.8, 4) is 0 Å². The van der Waals surface area contributed by atoms with E-state index in [2.05, 4.69) is 0 Å². The van der Waals surface area contributed by atoms with Crippen LogP contribution in [-0.4, -0.2) is 38.2 Å². The third-order valence-corrected chi connectivity index (χ3v) is 4.39. The minimum Gasteiger partial charge on any atom is -0.399 e. The first kappa shape index (κ1) is 15.9. The lowest BCUT2D eigenvalue weighted by molar-refractivity contribution is 0.0907. The van der Waals surface area contributed by atoms with Gasteiger partial charge in [-0.05, 0) is 31.5 Å². The van der Waals surface area contributed by atoms with Gasteiger partial charge in [0.2, 0.25) is 10.0 Å². The molecule has 0 atom stereocenters. The first-order chi connectivity index (χ1) is 8.81. The first-order valence-corrected chi connectivity index (χ1v) is 7.82. The van der Waals surface area contributed by atoms with Gasteiger partial charge in [-0.3, -0.25) is 0 Å². The van der Waals surface area contributed by atoms with Gasteiger partial charge in [0.25, 0.3) is 0 Å². The molecule has 2 N–H and O–H groups in total. The van der Waals surface area contributed by atoms with E-state index in [-0.39, 0.29) is 18.5 Å². The van der Waals surface area contributed by atoms with E-state index in [1.165, 1.54) is 4.31 Å². The highest BCUT2D eigenvalue weighted by Crippen LogP contribution is 2.11. The molecule has 0 aromatic heterocycles. The van der Waals surface area contributed by atoms with Gasteiger partial charge in [0.05, 0.1) is 18.5 Å². The van der Waals surface area contributed by atoms with E-state index >= 15 is 0 Å². The molecule has 0 saturated carbocycles. The topological polar surface area (TPSA) is 72.6 Å². The third-order valence-electron chi connectivity index (χ3n) is 2.62. The molecule has 19 heavy (non-hydrogen) atoms. The average Bonchev–Trinajstić information content (AvgIpc) is 2.28. The van der Waals surface area contributed by atoms with E-state index in [0.29, 0.717) is 12.2 Å². The van der Waals surface area contributed by atoms with Crippen LogP contribution in [-0.2, 0) is 21.3 Å². The molecule has 0 spiro atoms. The van der Waals surface area contributed by atoms with Crippen molar-refractivity contribution >= 4 is 15.7 Å². The number of nitrogens with two attached hydrogens (primary N) is 1. The molecule has 0 radical (unpaired) electrons. The Balaban J connectivity index is 2.58. The van der Waals surface area contributed by atoms with Crippen molar-refractivity contribution in [3.05, 3.63) is 29.8 Å². The number of ether oxygens (including phenoxy) is 1. The zero-order valence-corrected chi connectivity index (χ0v) is 12.5. The predicted molar refractivity (Wildman–Crippen MR) is 77.2 cm³/mol. The molecule has 1 aromatic carbocycles. The second-order valence-electron chi connectivity index (χ2n) is 4.74. The molecule has 6 heteroatoms. The Bertz CT molecular complexity index is 500. The number of hydrogen-bond acceptors (Lipinski definition) is 4. The van der Waals surface area contributed by atoms with Crippen LogP contribution in [0.4, 0.5) is 5.69 Å². The maximum Gasteiger partial charge on any atom is 0.216 e. The number of rotatable bonds is 7. The zero-order chi connectivity index (χ0) is 14.5. The predicted octanol–water partition coefficient (Wildman–Crippen LogP) is 1.46. The summed E-state index contributed by atoms with van der Waals surface area (Å²) in [5.41, 5.74) is 7.17. The van der Waals surface area contributed by atoms with Crippen LogP contribution in [0, 0.1) is 0 Å². The number of nitrogen functional groups attached to an aromatic ring is 1. The monoisotopic (exact) mass is 286 g/mol. The van der Waals surface area contributed by atoms with Gasteiger partial charge < -0.3 is 10.5 Å². The normalized spacial score (nSPS) is 12.3. The SMILES string of the molecule is CC(C)OCCS(=O)(=O)N(C)Cc1cccc(N)c1. The summed E-state index contributed by atoms with van der Waals surface area (Å²) in [6.45, 7) is 4.28. The van der Waals surface area contributed by atoms with E-state index in [9.17, 15) is 8.42 Å². The van der Waals surface area contributed by atoms with Crippen molar-refractivity contribution in [1.82, 2.24) is 4.31 Å². The Morgan fingerprint density at radius 3 is 2.63 bits per heavy atom. The lowest BCUT2D eigenvalue weighted by Crippen LogP contribution is -2.31. The van der Waals surface area contributed by atoms with Gasteiger partial charge in [0.15, 0.2) is 0 Å². The molecule has 0 amide bonds. The van der Waals surface area contributed by atoms with Crippen molar-refractivity contribution < 1.29 is 13.2 Å². The van der Waals surface area contributed by atoms with Gasteiger partial charge in [-0.2, -0.15) is 0 Å². The molecule has 1 aromatic rings. The number of hydrogen-bond donors (Lipinski definition) is 1. The van der Waals surface area contributed by atoms with Crippen LogP contribution in [0.2, 0.25) is 0 Å². The maximum atomic E-state index is 12.0. The van der Waals surface area contributed by atoms with E-state index < -0.39 is 10.0 Å². The van der Waals surface area contributed by atoms with Gasteiger partial charge in [0, 0.05) is 19.3 Å². The van der Waals surface area contributed by atoms with Crippen molar-refractivity contribution in [2.75, 3.05) is 25.1 Å². The fraction of sp³-hybridized carbons (Fsp3) is 0.538. The maximum absolute atomic E-state index is 12.0. The summed E-state index contributed by atoms with van der Waals surface area (Å²) in [6, 6.07) is 7.21. The quantitative estimate of drug-likeness (QED) is 0.770. The first-order valence-electron chi connectivity index (χ1n) is 6.21. The highest BCUT2D eigenvalue weighted by atomic mass is 32.2. The molecule has 0 heterocycles. The molecule has 0 unspecified atom stereocenters. The van der Waals surface area contributed by atoms with Crippen LogP contribution in [0.1, 0.15) is 19.4 Å². The van der Waals surface area contributed by atoms with Crippen molar-refractivity contribution in [3.63, 3.8) is 0 Å². The third kappa shape index (κ3) is 5.59. The van der Waals surface area contributed by atoms with Crippen LogP contribution >= 0.6 is 0 Å². The molecular formula is C13H22N2O3S. The molecule has 1 rings (SSSR count). The number of nitrogens with zero attached hydrogens (tertiary/aromatic N) is 1. The number of anilines is 1. The molecule has 0 fully saturated rings. The van der Waals surface area contributed by atoms with Gasteiger partial charge in [-0.1, -0.05) is 12.1 Å². The summed E-state index contributed by atoms with van der Waals surface area (Å²) in [6.07, 6.45) is 0.0365. The Hall–Kier alpha value is -1.11. The van der Waals surface area contributed by atoms with E-state index in [0.717, 1.165) is 5.56 Å². The smallest absolute Gasteiger partial charge is 0.216 e. The van der Waals surface area contributed by atoms with E-state index in [1.54, 1.807) is 19.2 Å². The van der Waals surface area contributed by atoms with Crippen LogP contribution in [0.15, 0.2) is 24.3 Å². The second kappa shape index (κ2) is 6.88. The molecule has 0 bridgehead atoms. The Kier molecular flexibility index (Phi) is 5.78. The molecule has 5 nitrogen and oxygen atoms in total. The van der Waals surface area contributed by atoms with Crippen molar-refractivity contribution in [2.24, 2.45) is 0 Å². The van der Waals surface area contributed by atoms with Gasteiger partial charge in [-0.25, -0.2) is 12.7 Å². The van der Waals surface area contributed by atoms with Crippen LogP contribution in [0.25, 0.3) is 0 Å². The number of sulfonamides is 1. The molecule has 0 aliphatic carbocycles. The highest BCUT2D eigenvalue weighted by molar-refractivity contribution is 7.89. The lowest BCUT2D eigenvalue weighted by atomic mass is 10.2. The Morgan fingerprint density at radius 2 is 2.05 bits per heavy atom. The van der Waals surface area contributed by atoms with Gasteiger partial charge in [0.1, 0.15) is 0 Å². The van der Waals surface area contributed by atoms with Gasteiger partial charge in [-0.15, -0.1) is 0 Å². The molecule has 0 aliphatic rings. The molecular weight excluding hydrogens is 264 g/mol. The molecule has 0 saturated heterocycles. The van der Waals surface area contributed by atoms with Crippen LogP contribution in [0.3, 0.4) is 0 Å². The summed E-state index contributed by atoms with van der Waals surface area (Å²) in [7, 11) is -1.74. The van der Waals surface area contributed by atoms with Crippen molar-refractivity contribution in [2.45, 2.75) is 26.5 Å². The second-order valence-corrected chi connectivity index (χ2v) is 6.93. The standard InChI is InChI=1S/C13H22N2O3S/c1-11(2)18-7-8-19(16,17)15(3)10-12-5-4-6-13(14)9-12/h4-6,9,11H,7-8,10,14H2,1-3H3. The zero-order valence-electron chi connectivity index (χ0n) is 11.7. The van der Waals surface area contributed by atoms with E-state index in [4.69, 9.17) is 10.5 Å². The van der Waals surface area contributed by atoms with Gasteiger partial charge >= 0.3 is 0 Å². The molecule has 108 valence electrons. The Labute approximate surface area is 115 Å². The minimum absolute atomic E-state index is 0.00992.